The van der Waals surface area contributed by atoms with E-state index in [4.69, 9.17) is 4.74 Å². The number of aromatic nitrogens is 3. The van der Waals surface area contributed by atoms with Gasteiger partial charge in [0.15, 0.2) is 5.16 Å². The van der Waals surface area contributed by atoms with E-state index in [9.17, 15) is 9.18 Å². The number of nitrogens with one attached hydrogen (secondary N) is 1. The van der Waals surface area contributed by atoms with Crippen molar-refractivity contribution in [1.82, 2.24) is 14.8 Å². The predicted octanol–water partition coefficient (Wildman–Crippen LogP) is 5.17. The number of anilines is 1. The number of amides is 1. The SMILES string of the molecule is CSc1nncn1-c1cccc(NC(=O)c2ccc(Oc3ccc(F)cc3)cc2)c1. The van der Waals surface area contributed by atoms with Crippen molar-refractivity contribution in [1.29, 1.82) is 0 Å². The van der Waals surface area contributed by atoms with E-state index in [0.717, 1.165) is 10.8 Å². The van der Waals surface area contributed by atoms with Gasteiger partial charge in [-0.2, -0.15) is 0 Å². The van der Waals surface area contributed by atoms with Gasteiger partial charge in [-0.1, -0.05) is 17.8 Å². The molecule has 1 amide bonds. The van der Waals surface area contributed by atoms with Gasteiger partial charge in [-0.3, -0.25) is 9.36 Å². The van der Waals surface area contributed by atoms with Crippen molar-refractivity contribution in [3.05, 3.63) is 90.5 Å². The van der Waals surface area contributed by atoms with E-state index in [1.54, 1.807) is 42.7 Å². The van der Waals surface area contributed by atoms with Crippen LogP contribution in [-0.2, 0) is 0 Å². The molecule has 1 N–H and O–H groups in total. The Kier molecular flexibility index (Phi) is 5.76. The third-order valence-electron chi connectivity index (χ3n) is 4.25. The molecule has 6 nitrogen and oxygen atoms in total. The van der Waals surface area contributed by atoms with E-state index < -0.39 is 0 Å². The molecule has 0 saturated carbocycles. The number of rotatable bonds is 6. The van der Waals surface area contributed by atoms with Gasteiger partial charge in [-0.15, -0.1) is 10.2 Å². The number of thioether (sulfide) groups is 1. The zero-order chi connectivity index (χ0) is 20.9. The number of hydrogen-bond donors (Lipinski definition) is 1. The highest BCUT2D eigenvalue weighted by atomic mass is 32.2. The van der Waals surface area contributed by atoms with E-state index in [1.165, 1.54) is 23.9 Å². The van der Waals surface area contributed by atoms with Crippen LogP contribution < -0.4 is 10.1 Å². The van der Waals surface area contributed by atoms with E-state index in [2.05, 4.69) is 15.5 Å². The molecule has 4 aromatic rings. The lowest BCUT2D eigenvalue weighted by molar-refractivity contribution is 0.102. The summed E-state index contributed by atoms with van der Waals surface area (Å²) in [6.07, 6.45) is 3.56. The van der Waals surface area contributed by atoms with Crippen LogP contribution in [0.1, 0.15) is 10.4 Å². The molecule has 1 aromatic heterocycles. The lowest BCUT2D eigenvalue weighted by Crippen LogP contribution is -2.12. The molecule has 3 aromatic carbocycles. The molecular weight excluding hydrogens is 403 g/mol. The molecule has 0 bridgehead atoms. The van der Waals surface area contributed by atoms with Crippen LogP contribution in [0.4, 0.5) is 10.1 Å². The van der Waals surface area contributed by atoms with Crippen molar-refractivity contribution in [3.8, 4) is 17.2 Å². The first kappa shape index (κ1) is 19.7. The Morgan fingerprint density at radius 3 is 2.43 bits per heavy atom. The molecule has 8 heteroatoms. The summed E-state index contributed by atoms with van der Waals surface area (Å²) in [5.74, 6) is 0.503. The summed E-state index contributed by atoms with van der Waals surface area (Å²) in [5.41, 5.74) is 2.00. The summed E-state index contributed by atoms with van der Waals surface area (Å²) < 4.78 is 20.5. The summed E-state index contributed by atoms with van der Waals surface area (Å²) in [4.78, 5) is 12.6. The van der Waals surface area contributed by atoms with Crippen LogP contribution in [0.2, 0.25) is 0 Å². The molecule has 0 aliphatic carbocycles. The van der Waals surface area contributed by atoms with Gasteiger partial charge in [0.25, 0.3) is 5.91 Å². The van der Waals surface area contributed by atoms with Crippen LogP contribution in [0.25, 0.3) is 5.69 Å². The first-order valence-corrected chi connectivity index (χ1v) is 10.2. The average Bonchev–Trinajstić information content (AvgIpc) is 3.25. The molecule has 0 aliphatic rings. The lowest BCUT2D eigenvalue weighted by Gasteiger charge is -2.10. The minimum atomic E-state index is -0.326. The van der Waals surface area contributed by atoms with Crippen molar-refractivity contribution >= 4 is 23.4 Å². The minimum absolute atomic E-state index is 0.241. The third-order valence-corrected chi connectivity index (χ3v) is 4.89. The minimum Gasteiger partial charge on any atom is -0.457 e. The zero-order valence-electron chi connectivity index (χ0n) is 15.9. The van der Waals surface area contributed by atoms with Crippen LogP contribution in [0, 0.1) is 5.82 Å². The third kappa shape index (κ3) is 4.49. The van der Waals surface area contributed by atoms with E-state index >= 15 is 0 Å². The number of ether oxygens (including phenoxy) is 1. The Morgan fingerprint density at radius 2 is 1.73 bits per heavy atom. The summed E-state index contributed by atoms with van der Waals surface area (Å²) in [7, 11) is 0. The predicted molar refractivity (Wildman–Crippen MR) is 114 cm³/mol. The molecule has 0 atom stereocenters. The van der Waals surface area contributed by atoms with Gasteiger partial charge in [0, 0.05) is 11.3 Å². The second-order valence-electron chi connectivity index (χ2n) is 6.27. The van der Waals surface area contributed by atoms with Crippen molar-refractivity contribution in [3.63, 3.8) is 0 Å². The van der Waals surface area contributed by atoms with Gasteiger partial charge in [0.2, 0.25) is 0 Å². The molecule has 150 valence electrons. The molecule has 0 aliphatic heterocycles. The van der Waals surface area contributed by atoms with Gasteiger partial charge in [-0.05, 0) is 73.0 Å². The maximum absolute atomic E-state index is 13.0. The first-order chi connectivity index (χ1) is 14.6. The fourth-order valence-corrected chi connectivity index (χ4v) is 3.27. The fourth-order valence-electron chi connectivity index (χ4n) is 2.79. The largest absolute Gasteiger partial charge is 0.457 e. The first-order valence-electron chi connectivity index (χ1n) is 9.02. The van der Waals surface area contributed by atoms with E-state index in [0.29, 0.717) is 22.7 Å². The van der Waals surface area contributed by atoms with Crippen molar-refractivity contribution in [2.75, 3.05) is 11.6 Å². The molecule has 1 heterocycles. The van der Waals surface area contributed by atoms with Crippen molar-refractivity contribution in [2.45, 2.75) is 5.16 Å². The van der Waals surface area contributed by atoms with Gasteiger partial charge < -0.3 is 10.1 Å². The molecule has 0 fully saturated rings. The standard InChI is InChI=1S/C22H17FN4O2S/c1-30-22-26-24-14-27(22)18-4-2-3-17(13-18)25-21(28)15-5-9-19(10-6-15)29-20-11-7-16(23)8-12-20/h2-14H,1H3,(H,25,28). The smallest absolute Gasteiger partial charge is 0.255 e. The Bertz CT molecular complexity index is 1160. The fraction of sp³-hybridized carbons (Fsp3) is 0.0455. The van der Waals surface area contributed by atoms with Crippen molar-refractivity contribution < 1.29 is 13.9 Å². The van der Waals surface area contributed by atoms with E-state index in [1.807, 2.05) is 35.1 Å². The van der Waals surface area contributed by atoms with Crippen LogP contribution in [0.3, 0.4) is 0 Å². The monoisotopic (exact) mass is 420 g/mol. The van der Waals surface area contributed by atoms with Gasteiger partial charge in [-0.25, -0.2) is 4.39 Å². The normalized spacial score (nSPS) is 10.6. The highest BCUT2D eigenvalue weighted by Gasteiger charge is 2.09. The van der Waals surface area contributed by atoms with Crippen LogP contribution >= 0.6 is 11.8 Å². The number of carbonyl (C=O) groups excluding carboxylic acids is 1. The Balaban J connectivity index is 1.45. The molecule has 0 spiro atoms. The number of nitrogens with zero attached hydrogens (tertiary/aromatic N) is 3. The summed E-state index contributed by atoms with van der Waals surface area (Å²) in [6, 6.07) is 19.9. The number of halogens is 1. The summed E-state index contributed by atoms with van der Waals surface area (Å²) >= 11 is 1.49. The quantitative estimate of drug-likeness (QED) is 0.436. The maximum atomic E-state index is 13.0. The Labute approximate surface area is 176 Å². The second kappa shape index (κ2) is 8.79. The van der Waals surface area contributed by atoms with Gasteiger partial charge in [0.1, 0.15) is 23.6 Å². The number of carbonyl (C=O) groups is 1. The van der Waals surface area contributed by atoms with Crippen LogP contribution in [0.5, 0.6) is 11.5 Å². The van der Waals surface area contributed by atoms with E-state index in [-0.39, 0.29) is 11.7 Å². The molecule has 4 rings (SSSR count). The molecule has 30 heavy (non-hydrogen) atoms. The lowest BCUT2D eigenvalue weighted by atomic mass is 10.2. The highest BCUT2D eigenvalue weighted by Crippen LogP contribution is 2.23. The highest BCUT2D eigenvalue weighted by molar-refractivity contribution is 7.98. The van der Waals surface area contributed by atoms with Crippen LogP contribution in [0.15, 0.2) is 84.3 Å². The number of benzene rings is 3. The molecular formula is C22H17FN4O2S. The molecule has 0 saturated heterocycles. The molecule has 0 unspecified atom stereocenters. The van der Waals surface area contributed by atoms with Gasteiger partial charge in [0.05, 0.1) is 5.69 Å². The zero-order valence-corrected chi connectivity index (χ0v) is 16.8. The Morgan fingerprint density at radius 1 is 1.03 bits per heavy atom. The molecule has 0 radical (unpaired) electrons. The van der Waals surface area contributed by atoms with Gasteiger partial charge >= 0.3 is 0 Å². The maximum Gasteiger partial charge on any atom is 0.255 e. The topological polar surface area (TPSA) is 69.0 Å². The van der Waals surface area contributed by atoms with Crippen LogP contribution in [-0.4, -0.2) is 26.9 Å². The average molecular weight is 420 g/mol. The summed E-state index contributed by atoms with van der Waals surface area (Å²) in [6.45, 7) is 0. The Hall–Kier alpha value is -3.65. The second-order valence-corrected chi connectivity index (χ2v) is 7.05. The van der Waals surface area contributed by atoms with Crippen molar-refractivity contribution in [2.24, 2.45) is 0 Å². The number of hydrogen-bond acceptors (Lipinski definition) is 5. The summed E-state index contributed by atoms with van der Waals surface area (Å²) in [5, 5.41) is 11.6.